The van der Waals surface area contributed by atoms with Gasteiger partial charge in [-0.2, -0.15) is 0 Å². The van der Waals surface area contributed by atoms with Crippen LogP contribution in [0.2, 0.25) is 0 Å². The van der Waals surface area contributed by atoms with Crippen LogP contribution >= 0.6 is 0 Å². The van der Waals surface area contributed by atoms with Crippen LogP contribution in [-0.4, -0.2) is 89.6 Å². The molecule has 6 atom stereocenters. The quantitative estimate of drug-likeness (QED) is 0.0268. The molecule has 1 aliphatic heterocycles. The fourth-order valence-corrected chi connectivity index (χ4v) is 7.31. The fourth-order valence-electron chi connectivity index (χ4n) is 7.31. The predicted molar refractivity (Wildman–Crippen MR) is 265 cm³/mol. The lowest BCUT2D eigenvalue weighted by molar-refractivity contribution is -0.305. The van der Waals surface area contributed by atoms with Crippen molar-refractivity contribution < 1.29 is 44.2 Å². The molecule has 1 rings (SSSR count). The molecule has 0 spiro atoms. The third-order valence-electron chi connectivity index (χ3n) is 11.3. The lowest BCUT2D eigenvalue weighted by Crippen LogP contribution is -2.59. The maximum atomic E-state index is 12.8. The van der Waals surface area contributed by atoms with E-state index in [-0.39, 0.29) is 19.2 Å². The number of carbonyl (C=O) groups is 1. The molecule has 0 aromatic heterocycles. The summed E-state index contributed by atoms with van der Waals surface area (Å²) in [5, 5.41) is 40.3. The summed E-state index contributed by atoms with van der Waals surface area (Å²) in [6.45, 7) is 4.37. The molecule has 368 valence electrons. The lowest BCUT2D eigenvalue weighted by Gasteiger charge is -2.39. The Morgan fingerprint density at radius 2 is 0.953 bits per heavy atom. The Morgan fingerprint density at radius 3 is 1.44 bits per heavy atom. The van der Waals surface area contributed by atoms with Crippen LogP contribution in [0.25, 0.3) is 0 Å². The van der Waals surface area contributed by atoms with Crippen LogP contribution in [0.3, 0.4) is 0 Å². The summed E-state index contributed by atoms with van der Waals surface area (Å²) >= 11 is 0. The van der Waals surface area contributed by atoms with Gasteiger partial charge in [0.1, 0.15) is 30.5 Å². The van der Waals surface area contributed by atoms with Gasteiger partial charge in [0, 0.05) is 13.0 Å². The van der Waals surface area contributed by atoms with Crippen molar-refractivity contribution in [3.63, 3.8) is 0 Å². The number of unbranched alkanes of at least 4 members (excludes halogenated alkanes) is 18. The molecule has 0 aromatic rings. The molecule has 0 aromatic carbocycles. The van der Waals surface area contributed by atoms with Crippen molar-refractivity contribution in [1.29, 1.82) is 0 Å². The minimum atomic E-state index is -1.55. The third-order valence-corrected chi connectivity index (χ3v) is 11.3. The highest BCUT2D eigenvalue weighted by atomic mass is 16.7. The number of aliphatic hydroxyl groups is 4. The molecule has 0 radical (unpaired) electrons. The van der Waals surface area contributed by atoms with Crippen molar-refractivity contribution in [2.24, 2.45) is 0 Å². The molecule has 64 heavy (non-hydrogen) atoms. The SMILES string of the molecule is CC/C=C\C/C=C\C/C=C\C/C=C\C/C=C\CCCCCCOCC(COC1OC(CO)C(O)C(O)C1O)OC(=O)CCCCCCCCCCC/C=C\C/C=C\CCCCCCC. The Balaban J connectivity index is 2.25. The van der Waals surface area contributed by atoms with E-state index in [0.29, 0.717) is 13.0 Å². The maximum Gasteiger partial charge on any atom is 0.306 e. The molecular weight excluding hydrogens is 805 g/mol. The van der Waals surface area contributed by atoms with Crippen LogP contribution in [0.1, 0.15) is 194 Å². The zero-order chi connectivity index (χ0) is 46.4. The van der Waals surface area contributed by atoms with E-state index in [9.17, 15) is 25.2 Å². The van der Waals surface area contributed by atoms with Crippen LogP contribution < -0.4 is 0 Å². The largest absolute Gasteiger partial charge is 0.457 e. The van der Waals surface area contributed by atoms with Crippen molar-refractivity contribution in [3.05, 3.63) is 85.1 Å². The summed E-state index contributed by atoms with van der Waals surface area (Å²) in [4.78, 5) is 12.8. The molecule has 0 aliphatic carbocycles. The van der Waals surface area contributed by atoms with Gasteiger partial charge in [-0.15, -0.1) is 0 Å². The van der Waals surface area contributed by atoms with Gasteiger partial charge < -0.3 is 39.4 Å². The zero-order valence-electron chi connectivity index (χ0n) is 40.5. The summed E-state index contributed by atoms with van der Waals surface area (Å²) in [6, 6.07) is 0. The first-order chi connectivity index (χ1) is 31.4. The Hall–Kier alpha value is -2.63. The zero-order valence-corrected chi connectivity index (χ0v) is 40.5. The van der Waals surface area contributed by atoms with Gasteiger partial charge >= 0.3 is 5.97 Å². The first-order valence-corrected chi connectivity index (χ1v) is 25.7. The first-order valence-electron chi connectivity index (χ1n) is 25.7. The molecule has 4 N–H and O–H groups in total. The Labute approximate surface area is 390 Å². The number of allylic oxidation sites excluding steroid dienone is 14. The van der Waals surface area contributed by atoms with Crippen LogP contribution in [0, 0.1) is 0 Å². The van der Waals surface area contributed by atoms with Gasteiger partial charge in [0.15, 0.2) is 6.29 Å². The number of aliphatic hydroxyl groups excluding tert-OH is 4. The van der Waals surface area contributed by atoms with Crippen molar-refractivity contribution in [1.82, 2.24) is 0 Å². The first kappa shape index (κ1) is 59.4. The van der Waals surface area contributed by atoms with Gasteiger partial charge in [0.05, 0.1) is 19.8 Å². The molecule has 9 heteroatoms. The number of hydrogen-bond donors (Lipinski definition) is 4. The second-order valence-electron chi connectivity index (χ2n) is 17.2. The fraction of sp³-hybridized carbons (Fsp3) is 0.727. The highest BCUT2D eigenvalue weighted by Gasteiger charge is 2.44. The van der Waals surface area contributed by atoms with Gasteiger partial charge in [-0.3, -0.25) is 4.79 Å². The number of carbonyl (C=O) groups excluding carboxylic acids is 1. The van der Waals surface area contributed by atoms with E-state index in [0.717, 1.165) is 89.9 Å². The third kappa shape index (κ3) is 35.6. The number of rotatable bonds is 43. The Morgan fingerprint density at radius 1 is 0.516 bits per heavy atom. The standard InChI is InChI=1S/C55H94O9/c1-3-5-7-9-11-13-15-17-19-21-23-25-26-28-30-32-34-36-38-40-42-44-51(57)63-49(48-62-55-54(60)53(59)52(58)50(46-56)64-55)47-61-45-43-41-39-37-35-33-31-29-27-24-22-20-18-16-14-12-10-8-6-4-2/h6,8,12,14-15,17-18,20-21,23-24,27,31,33,49-50,52-56,58-60H,3-5,7,9-11,13,16,19,22,25-26,28-30,32,34-48H2,1-2H3/b8-6-,14-12-,17-15-,20-18-,23-21-,27-24-,33-31-. The summed E-state index contributed by atoms with van der Waals surface area (Å²) in [7, 11) is 0. The van der Waals surface area contributed by atoms with E-state index in [4.69, 9.17) is 18.9 Å². The minimum absolute atomic E-state index is 0.121. The van der Waals surface area contributed by atoms with Crippen LogP contribution in [0.15, 0.2) is 85.1 Å². The summed E-state index contributed by atoms with van der Waals surface area (Å²) in [5.41, 5.74) is 0. The highest BCUT2D eigenvalue weighted by molar-refractivity contribution is 5.69. The number of ether oxygens (including phenoxy) is 4. The van der Waals surface area contributed by atoms with Crippen molar-refractivity contribution in [2.75, 3.05) is 26.4 Å². The summed E-state index contributed by atoms with van der Waals surface area (Å²) < 4.78 is 22.9. The Bertz CT molecular complexity index is 1250. The van der Waals surface area contributed by atoms with Gasteiger partial charge in [-0.1, -0.05) is 182 Å². The molecular formula is C55H94O9. The van der Waals surface area contributed by atoms with Crippen molar-refractivity contribution in [3.8, 4) is 0 Å². The van der Waals surface area contributed by atoms with E-state index in [1.807, 2.05) is 0 Å². The smallest absolute Gasteiger partial charge is 0.306 e. The molecule has 0 amide bonds. The van der Waals surface area contributed by atoms with E-state index in [1.165, 1.54) is 83.5 Å². The molecule has 6 unspecified atom stereocenters. The topological polar surface area (TPSA) is 135 Å². The normalized spacial score (nSPS) is 20.2. The molecule has 0 bridgehead atoms. The van der Waals surface area contributed by atoms with Gasteiger partial charge in [-0.05, 0) is 89.9 Å². The average molecular weight is 899 g/mol. The maximum absolute atomic E-state index is 12.8. The molecule has 1 fully saturated rings. The van der Waals surface area contributed by atoms with E-state index < -0.39 is 43.4 Å². The average Bonchev–Trinajstić information content (AvgIpc) is 3.30. The number of hydrogen-bond acceptors (Lipinski definition) is 9. The van der Waals surface area contributed by atoms with Crippen LogP contribution in [-0.2, 0) is 23.7 Å². The highest BCUT2D eigenvalue weighted by Crippen LogP contribution is 2.22. The summed E-state index contributed by atoms with van der Waals surface area (Å²) in [5.74, 6) is -0.330. The van der Waals surface area contributed by atoms with Crippen molar-refractivity contribution >= 4 is 5.97 Å². The molecule has 9 nitrogen and oxygen atoms in total. The lowest BCUT2D eigenvalue weighted by atomic mass is 9.99. The monoisotopic (exact) mass is 899 g/mol. The van der Waals surface area contributed by atoms with Gasteiger partial charge in [0.25, 0.3) is 0 Å². The molecule has 1 heterocycles. The number of esters is 1. The van der Waals surface area contributed by atoms with Gasteiger partial charge in [0.2, 0.25) is 0 Å². The molecule has 1 aliphatic rings. The van der Waals surface area contributed by atoms with E-state index in [2.05, 4.69) is 98.9 Å². The summed E-state index contributed by atoms with van der Waals surface area (Å²) in [6.07, 6.45) is 54.7. The van der Waals surface area contributed by atoms with Crippen molar-refractivity contribution in [2.45, 2.75) is 230 Å². The molecule has 0 saturated carbocycles. The van der Waals surface area contributed by atoms with E-state index >= 15 is 0 Å². The van der Waals surface area contributed by atoms with Crippen LogP contribution in [0.4, 0.5) is 0 Å². The van der Waals surface area contributed by atoms with E-state index in [1.54, 1.807) is 0 Å². The second-order valence-corrected chi connectivity index (χ2v) is 17.2. The predicted octanol–water partition coefficient (Wildman–Crippen LogP) is 12.6. The molecule has 1 saturated heterocycles. The Kier molecular flexibility index (Phi) is 42.2. The van der Waals surface area contributed by atoms with Crippen LogP contribution in [0.5, 0.6) is 0 Å². The van der Waals surface area contributed by atoms with Gasteiger partial charge in [-0.25, -0.2) is 0 Å². The second kappa shape index (κ2) is 45.5. The minimum Gasteiger partial charge on any atom is -0.457 e.